The molecule has 4 heterocycles. The van der Waals surface area contributed by atoms with Crippen LogP contribution in [0.4, 0.5) is 15.9 Å². The molecule has 1 unspecified atom stereocenters. The highest BCUT2D eigenvalue weighted by Gasteiger charge is 2.24. The first kappa shape index (κ1) is 21.2. The molecule has 1 atom stereocenters. The van der Waals surface area contributed by atoms with Gasteiger partial charge in [-0.1, -0.05) is 6.07 Å². The minimum Gasteiger partial charge on any atom is -0.340 e. The number of aromatic nitrogens is 4. The first-order valence-corrected chi connectivity index (χ1v) is 11.2. The number of nitrogens with one attached hydrogen (secondary N) is 1. The van der Waals surface area contributed by atoms with Crippen molar-refractivity contribution in [3.8, 4) is 11.3 Å². The molecular formula is C26H25FN6. The summed E-state index contributed by atoms with van der Waals surface area (Å²) >= 11 is 0. The second-order valence-electron chi connectivity index (χ2n) is 8.30. The molecule has 1 N–H and O–H groups in total. The van der Waals surface area contributed by atoms with Crippen LogP contribution in [0.5, 0.6) is 0 Å². The van der Waals surface area contributed by atoms with E-state index in [9.17, 15) is 4.39 Å². The van der Waals surface area contributed by atoms with Gasteiger partial charge in [0.15, 0.2) is 0 Å². The molecule has 0 amide bonds. The minimum atomic E-state index is -0.291. The number of pyridine rings is 2. The van der Waals surface area contributed by atoms with Crippen molar-refractivity contribution in [3.05, 3.63) is 96.6 Å². The van der Waals surface area contributed by atoms with E-state index >= 15 is 0 Å². The molecule has 1 aromatic carbocycles. The molecule has 7 heteroatoms. The SMILES string of the molecule is Fc1cccc(Nc2cc(-c3cccnc3)nc(C3CCCN(Cc4ccncc4)C3)n2)c1. The molecule has 166 valence electrons. The predicted molar refractivity (Wildman–Crippen MR) is 126 cm³/mol. The second-order valence-corrected chi connectivity index (χ2v) is 8.30. The van der Waals surface area contributed by atoms with E-state index in [1.807, 2.05) is 36.7 Å². The second kappa shape index (κ2) is 9.83. The van der Waals surface area contributed by atoms with Crippen LogP contribution in [0.1, 0.15) is 30.1 Å². The molecule has 5 rings (SSSR count). The van der Waals surface area contributed by atoms with Crippen molar-refractivity contribution < 1.29 is 4.39 Å². The fraction of sp³-hybridized carbons (Fsp3) is 0.231. The van der Waals surface area contributed by atoms with Crippen LogP contribution < -0.4 is 5.32 Å². The fourth-order valence-electron chi connectivity index (χ4n) is 4.25. The molecule has 0 saturated carbocycles. The van der Waals surface area contributed by atoms with E-state index in [1.54, 1.807) is 18.5 Å². The number of hydrogen-bond acceptors (Lipinski definition) is 6. The lowest BCUT2D eigenvalue weighted by Crippen LogP contribution is -2.34. The van der Waals surface area contributed by atoms with Crippen LogP contribution in [-0.2, 0) is 6.54 Å². The predicted octanol–water partition coefficient (Wildman–Crippen LogP) is 5.20. The maximum absolute atomic E-state index is 13.7. The zero-order valence-corrected chi connectivity index (χ0v) is 18.2. The van der Waals surface area contributed by atoms with Crippen LogP contribution >= 0.6 is 0 Å². The Labute approximate surface area is 192 Å². The number of nitrogens with zero attached hydrogens (tertiary/aromatic N) is 5. The summed E-state index contributed by atoms with van der Waals surface area (Å²) in [6.45, 7) is 2.82. The normalized spacial score (nSPS) is 16.5. The summed E-state index contributed by atoms with van der Waals surface area (Å²) in [5, 5.41) is 3.25. The lowest BCUT2D eigenvalue weighted by molar-refractivity contribution is 0.196. The van der Waals surface area contributed by atoms with E-state index in [4.69, 9.17) is 9.97 Å². The Bertz CT molecular complexity index is 1200. The summed E-state index contributed by atoms with van der Waals surface area (Å²) in [6, 6.07) is 16.3. The van der Waals surface area contributed by atoms with Crippen molar-refractivity contribution in [1.29, 1.82) is 0 Å². The molecule has 0 aliphatic carbocycles. The number of piperidine rings is 1. The van der Waals surface area contributed by atoms with E-state index in [0.717, 1.165) is 49.6 Å². The highest BCUT2D eigenvalue weighted by atomic mass is 19.1. The molecule has 1 aliphatic heterocycles. The highest BCUT2D eigenvalue weighted by molar-refractivity contribution is 5.65. The van der Waals surface area contributed by atoms with E-state index in [2.05, 4.69) is 32.3 Å². The largest absolute Gasteiger partial charge is 0.340 e. The van der Waals surface area contributed by atoms with E-state index in [1.165, 1.54) is 17.7 Å². The number of rotatable bonds is 6. The maximum atomic E-state index is 13.7. The van der Waals surface area contributed by atoms with Crippen LogP contribution in [-0.4, -0.2) is 37.9 Å². The smallest absolute Gasteiger partial charge is 0.135 e. The van der Waals surface area contributed by atoms with Crippen molar-refractivity contribution in [2.24, 2.45) is 0 Å². The number of likely N-dealkylation sites (tertiary alicyclic amines) is 1. The van der Waals surface area contributed by atoms with Gasteiger partial charge >= 0.3 is 0 Å². The summed E-state index contributed by atoms with van der Waals surface area (Å²) in [5.74, 6) is 1.37. The Kier molecular flexibility index (Phi) is 6.30. The number of hydrogen-bond donors (Lipinski definition) is 1. The molecule has 33 heavy (non-hydrogen) atoms. The van der Waals surface area contributed by atoms with E-state index in [-0.39, 0.29) is 11.7 Å². The van der Waals surface area contributed by atoms with Crippen molar-refractivity contribution >= 4 is 11.5 Å². The summed E-state index contributed by atoms with van der Waals surface area (Å²) in [6.07, 6.45) is 9.33. The Balaban J connectivity index is 1.44. The van der Waals surface area contributed by atoms with Gasteiger partial charge in [-0.3, -0.25) is 14.9 Å². The van der Waals surface area contributed by atoms with Gasteiger partial charge < -0.3 is 5.32 Å². The first-order valence-electron chi connectivity index (χ1n) is 11.2. The van der Waals surface area contributed by atoms with E-state index < -0.39 is 0 Å². The van der Waals surface area contributed by atoms with Crippen molar-refractivity contribution in [2.45, 2.75) is 25.3 Å². The zero-order chi connectivity index (χ0) is 22.5. The Morgan fingerprint density at radius 2 is 1.88 bits per heavy atom. The molecule has 1 aliphatic rings. The maximum Gasteiger partial charge on any atom is 0.135 e. The zero-order valence-electron chi connectivity index (χ0n) is 18.2. The van der Waals surface area contributed by atoms with Gasteiger partial charge in [0, 0.05) is 61.1 Å². The van der Waals surface area contributed by atoms with Gasteiger partial charge in [-0.15, -0.1) is 0 Å². The van der Waals surface area contributed by atoms with Gasteiger partial charge in [0.2, 0.25) is 0 Å². The summed E-state index contributed by atoms with van der Waals surface area (Å²) < 4.78 is 13.7. The highest BCUT2D eigenvalue weighted by Crippen LogP contribution is 2.29. The number of benzene rings is 1. The summed E-state index contributed by atoms with van der Waals surface area (Å²) in [7, 11) is 0. The first-order chi connectivity index (χ1) is 16.2. The van der Waals surface area contributed by atoms with Crippen LogP contribution in [0.15, 0.2) is 79.4 Å². The van der Waals surface area contributed by atoms with Gasteiger partial charge in [0.05, 0.1) is 5.69 Å². The summed E-state index contributed by atoms with van der Waals surface area (Å²) in [5.41, 5.74) is 3.63. The lowest BCUT2D eigenvalue weighted by atomic mass is 9.96. The topological polar surface area (TPSA) is 66.8 Å². The van der Waals surface area contributed by atoms with Gasteiger partial charge in [-0.25, -0.2) is 14.4 Å². The molecule has 3 aromatic heterocycles. The third-order valence-electron chi connectivity index (χ3n) is 5.82. The number of halogens is 1. The molecule has 0 bridgehead atoms. The Hall–Kier alpha value is -3.71. The van der Waals surface area contributed by atoms with Crippen LogP contribution in [0.25, 0.3) is 11.3 Å². The van der Waals surface area contributed by atoms with Crippen molar-refractivity contribution in [2.75, 3.05) is 18.4 Å². The summed E-state index contributed by atoms with van der Waals surface area (Å²) in [4.78, 5) is 20.6. The molecule has 0 spiro atoms. The van der Waals surface area contributed by atoms with Crippen molar-refractivity contribution in [1.82, 2.24) is 24.8 Å². The van der Waals surface area contributed by atoms with Crippen LogP contribution in [0.2, 0.25) is 0 Å². The average molecular weight is 441 g/mol. The molecular weight excluding hydrogens is 415 g/mol. The average Bonchev–Trinajstić information content (AvgIpc) is 2.85. The lowest BCUT2D eigenvalue weighted by Gasteiger charge is -2.32. The molecule has 1 saturated heterocycles. The molecule has 0 radical (unpaired) electrons. The number of anilines is 2. The van der Waals surface area contributed by atoms with Crippen LogP contribution in [0.3, 0.4) is 0 Å². The van der Waals surface area contributed by atoms with E-state index in [0.29, 0.717) is 11.5 Å². The monoisotopic (exact) mass is 440 g/mol. The van der Waals surface area contributed by atoms with Gasteiger partial charge in [-0.2, -0.15) is 0 Å². The van der Waals surface area contributed by atoms with Gasteiger partial charge in [-0.05, 0) is 67.4 Å². The standard InChI is InChI=1S/C26H25FN6/c27-22-6-1-7-23(14-22)30-25-15-24(20-4-2-10-29-16-20)31-26(32-25)21-5-3-13-33(18-21)17-19-8-11-28-12-9-19/h1-2,4,6-12,14-16,21H,3,5,13,17-18H2,(H,30,31,32). The van der Waals surface area contributed by atoms with Crippen molar-refractivity contribution in [3.63, 3.8) is 0 Å². The van der Waals surface area contributed by atoms with Gasteiger partial charge in [0.25, 0.3) is 0 Å². The van der Waals surface area contributed by atoms with Gasteiger partial charge in [0.1, 0.15) is 17.5 Å². The minimum absolute atomic E-state index is 0.213. The molecule has 4 aromatic rings. The Morgan fingerprint density at radius 1 is 0.970 bits per heavy atom. The third-order valence-corrected chi connectivity index (χ3v) is 5.82. The van der Waals surface area contributed by atoms with Crippen LogP contribution in [0, 0.1) is 5.82 Å². The molecule has 6 nitrogen and oxygen atoms in total. The molecule has 1 fully saturated rings. The quantitative estimate of drug-likeness (QED) is 0.445. The fourth-order valence-corrected chi connectivity index (χ4v) is 4.25. The Morgan fingerprint density at radius 3 is 2.70 bits per heavy atom. The third kappa shape index (κ3) is 5.38.